The van der Waals surface area contributed by atoms with E-state index in [4.69, 9.17) is 9.47 Å². The average molecular weight is 403 g/mol. The van der Waals surface area contributed by atoms with Crippen LogP contribution in [0.1, 0.15) is 18.9 Å². The minimum atomic E-state index is -0.726. The van der Waals surface area contributed by atoms with Gasteiger partial charge in [0.2, 0.25) is 0 Å². The fourth-order valence-electron chi connectivity index (χ4n) is 1.75. The van der Waals surface area contributed by atoms with E-state index in [9.17, 15) is 13.6 Å². The second kappa shape index (κ2) is 7.79. The van der Waals surface area contributed by atoms with Crippen molar-refractivity contribution in [2.75, 3.05) is 0 Å². The Morgan fingerprint density at radius 3 is 2.65 bits per heavy atom. The molecule has 0 bridgehead atoms. The number of hydrogen-bond donors (Lipinski definition) is 1. The van der Waals surface area contributed by atoms with Crippen LogP contribution in [-0.4, -0.2) is 5.97 Å². The maximum atomic E-state index is 13.8. The number of esters is 1. The van der Waals surface area contributed by atoms with Crippen molar-refractivity contribution >= 4 is 34.5 Å². The van der Waals surface area contributed by atoms with Gasteiger partial charge < -0.3 is 9.47 Å². The van der Waals surface area contributed by atoms with Gasteiger partial charge in [-0.25, -0.2) is 8.78 Å². The van der Waals surface area contributed by atoms with Crippen LogP contribution < -0.4 is 9.47 Å². The molecule has 0 aliphatic rings. The van der Waals surface area contributed by atoms with Crippen molar-refractivity contribution in [3.8, 4) is 11.5 Å². The quantitative estimate of drug-likeness (QED) is 0.438. The summed E-state index contributed by atoms with van der Waals surface area (Å²) in [6, 6.07) is 6.89. The molecule has 0 radical (unpaired) electrons. The molecule has 0 spiro atoms. The first kappa shape index (κ1) is 17.7. The van der Waals surface area contributed by atoms with Crippen LogP contribution in [-0.2, 0) is 11.4 Å². The minimum Gasteiger partial charge on any atom is -0.486 e. The van der Waals surface area contributed by atoms with Gasteiger partial charge in [0.15, 0.2) is 11.6 Å². The molecule has 0 saturated heterocycles. The number of rotatable bonds is 5. The lowest BCUT2D eigenvalue weighted by Crippen LogP contribution is -2.09. The maximum Gasteiger partial charge on any atom is 0.310 e. The highest BCUT2D eigenvalue weighted by Crippen LogP contribution is 2.30. The van der Waals surface area contributed by atoms with Crippen LogP contribution in [0.3, 0.4) is 0 Å². The molecule has 0 saturated carbocycles. The Kier molecular flexibility index (Phi) is 6.01. The van der Waals surface area contributed by atoms with Crippen LogP contribution in [0.25, 0.3) is 0 Å². The molecular formula is C16H13BrF2O3S. The van der Waals surface area contributed by atoms with E-state index in [1.807, 2.05) is 0 Å². The number of carbonyl (C=O) groups is 1. The molecule has 2 aromatic rings. The van der Waals surface area contributed by atoms with Gasteiger partial charge in [-0.3, -0.25) is 4.79 Å². The zero-order valence-corrected chi connectivity index (χ0v) is 14.6. The van der Waals surface area contributed by atoms with E-state index < -0.39 is 17.6 Å². The Labute approximate surface area is 146 Å². The lowest BCUT2D eigenvalue weighted by Gasteiger charge is -2.13. The lowest BCUT2D eigenvalue weighted by atomic mass is 10.2. The summed E-state index contributed by atoms with van der Waals surface area (Å²) in [5, 5.41) is 0. The van der Waals surface area contributed by atoms with Crippen LogP contribution in [0.5, 0.6) is 11.5 Å². The molecule has 0 N–H and O–H groups in total. The third kappa shape index (κ3) is 4.45. The Balaban J connectivity index is 2.23. The molecule has 2 rings (SSSR count). The number of ether oxygens (including phenoxy) is 2. The molecule has 0 heterocycles. The van der Waals surface area contributed by atoms with Gasteiger partial charge in [-0.1, -0.05) is 28.9 Å². The van der Waals surface area contributed by atoms with Gasteiger partial charge in [-0.05, 0) is 18.2 Å². The highest BCUT2D eigenvalue weighted by molar-refractivity contribution is 9.10. The molecule has 122 valence electrons. The van der Waals surface area contributed by atoms with Gasteiger partial charge in [0.05, 0.1) is 0 Å². The van der Waals surface area contributed by atoms with Crippen molar-refractivity contribution in [1.29, 1.82) is 0 Å². The largest absolute Gasteiger partial charge is 0.486 e. The number of carbonyl (C=O) groups excluding carboxylic acids is 1. The molecule has 0 fully saturated rings. The van der Waals surface area contributed by atoms with Crippen molar-refractivity contribution in [3.05, 3.63) is 52.0 Å². The van der Waals surface area contributed by atoms with Crippen LogP contribution in [0.2, 0.25) is 0 Å². The SMILES string of the molecule is CCC(=O)Oc1cccc(Br)c1COc1cc(F)c(S)cc1F. The fraction of sp³-hybridized carbons (Fsp3) is 0.188. The van der Waals surface area contributed by atoms with Crippen molar-refractivity contribution < 1.29 is 23.0 Å². The van der Waals surface area contributed by atoms with Gasteiger partial charge in [-0.2, -0.15) is 0 Å². The Bertz CT molecular complexity index is 738. The molecule has 3 nitrogen and oxygen atoms in total. The monoisotopic (exact) mass is 402 g/mol. The average Bonchev–Trinajstić information content (AvgIpc) is 2.51. The second-order valence-electron chi connectivity index (χ2n) is 4.57. The van der Waals surface area contributed by atoms with Crippen molar-refractivity contribution in [1.82, 2.24) is 0 Å². The highest BCUT2D eigenvalue weighted by Gasteiger charge is 2.14. The van der Waals surface area contributed by atoms with Crippen LogP contribution in [0.15, 0.2) is 39.7 Å². The first-order valence-electron chi connectivity index (χ1n) is 6.71. The zero-order chi connectivity index (χ0) is 17.0. The predicted molar refractivity (Wildman–Crippen MR) is 88.0 cm³/mol. The topological polar surface area (TPSA) is 35.5 Å². The molecule has 0 atom stereocenters. The Morgan fingerprint density at radius 1 is 1.22 bits per heavy atom. The molecular weight excluding hydrogens is 390 g/mol. The molecule has 2 aromatic carbocycles. The standard InChI is InChI=1S/C16H13BrF2O3S/c1-2-16(20)22-13-5-3-4-10(17)9(13)8-21-14-6-12(19)15(23)7-11(14)18/h3-7,23H,2,8H2,1H3. The summed E-state index contributed by atoms with van der Waals surface area (Å²) >= 11 is 7.12. The van der Waals surface area contributed by atoms with E-state index in [-0.39, 0.29) is 23.7 Å². The van der Waals surface area contributed by atoms with Gasteiger partial charge in [-0.15, -0.1) is 12.6 Å². The Morgan fingerprint density at radius 2 is 1.96 bits per heavy atom. The van der Waals surface area contributed by atoms with Gasteiger partial charge in [0.1, 0.15) is 18.2 Å². The number of halogens is 3. The molecule has 7 heteroatoms. The second-order valence-corrected chi connectivity index (χ2v) is 5.90. The van der Waals surface area contributed by atoms with Crippen molar-refractivity contribution in [2.45, 2.75) is 24.8 Å². The molecule has 23 heavy (non-hydrogen) atoms. The first-order valence-corrected chi connectivity index (χ1v) is 7.95. The first-order chi connectivity index (χ1) is 10.9. The summed E-state index contributed by atoms with van der Waals surface area (Å²) in [7, 11) is 0. The van der Waals surface area contributed by atoms with Crippen LogP contribution >= 0.6 is 28.6 Å². The molecule has 0 unspecified atom stereocenters. The molecule has 0 aliphatic carbocycles. The van der Waals surface area contributed by atoms with Gasteiger partial charge >= 0.3 is 5.97 Å². The van der Waals surface area contributed by atoms with Crippen LogP contribution in [0, 0.1) is 11.6 Å². The summed E-state index contributed by atoms with van der Waals surface area (Å²) < 4.78 is 38.4. The Hall–Kier alpha value is -1.60. The summed E-state index contributed by atoms with van der Waals surface area (Å²) in [6.45, 7) is 1.57. The third-order valence-corrected chi connectivity index (χ3v) is 4.05. The minimum absolute atomic E-state index is 0.101. The van der Waals surface area contributed by atoms with E-state index in [2.05, 4.69) is 28.6 Å². The predicted octanol–water partition coefficient (Wildman–Crippen LogP) is 4.91. The van der Waals surface area contributed by atoms with Crippen molar-refractivity contribution in [2.24, 2.45) is 0 Å². The lowest BCUT2D eigenvalue weighted by molar-refractivity contribution is -0.134. The highest BCUT2D eigenvalue weighted by atomic mass is 79.9. The molecule has 0 aromatic heterocycles. The summed E-state index contributed by atoms with van der Waals surface area (Å²) in [5.41, 5.74) is 0.518. The van der Waals surface area contributed by atoms with Gasteiger partial charge in [0, 0.05) is 27.4 Å². The zero-order valence-electron chi connectivity index (χ0n) is 12.1. The fourth-order valence-corrected chi connectivity index (χ4v) is 2.39. The normalized spacial score (nSPS) is 10.5. The molecule has 0 amide bonds. The van der Waals surface area contributed by atoms with E-state index in [1.54, 1.807) is 25.1 Å². The van der Waals surface area contributed by atoms with E-state index in [0.717, 1.165) is 12.1 Å². The van der Waals surface area contributed by atoms with Gasteiger partial charge in [0.25, 0.3) is 0 Å². The van der Waals surface area contributed by atoms with Crippen molar-refractivity contribution in [3.63, 3.8) is 0 Å². The summed E-state index contributed by atoms with van der Waals surface area (Å²) in [5.74, 6) is -1.76. The van der Waals surface area contributed by atoms with E-state index >= 15 is 0 Å². The summed E-state index contributed by atoms with van der Waals surface area (Å²) in [6.07, 6.45) is 0.218. The summed E-state index contributed by atoms with van der Waals surface area (Å²) in [4.78, 5) is 11.4. The maximum absolute atomic E-state index is 13.8. The van der Waals surface area contributed by atoms with E-state index in [1.165, 1.54) is 0 Å². The van der Waals surface area contributed by atoms with E-state index in [0.29, 0.717) is 15.8 Å². The van der Waals surface area contributed by atoms with Crippen LogP contribution in [0.4, 0.5) is 8.78 Å². The number of thiol groups is 1. The number of benzene rings is 2. The molecule has 0 aliphatic heterocycles. The smallest absolute Gasteiger partial charge is 0.310 e. The number of hydrogen-bond acceptors (Lipinski definition) is 4. The third-order valence-electron chi connectivity index (χ3n) is 2.96.